The van der Waals surface area contributed by atoms with Gasteiger partial charge in [0, 0.05) is 16.1 Å². The second kappa shape index (κ2) is 7.56. The Bertz CT molecular complexity index is 772. The van der Waals surface area contributed by atoms with Crippen molar-refractivity contribution in [3.63, 3.8) is 0 Å². The molecule has 1 aliphatic heterocycles. The van der Waals surface area contributed by atoms with E-state index in [0.717, 1.165) is 11.1 Å². The van der Waals surface area contributed by atoms with Crippen LogP contribution in [0.1, 0.15) is 31.1 Å². The van der Waals surface area contributed by atoms with Crippen LogP contribution in [-0.4, -0.2) is 34.6 Å². The molecule has 1 atom stereocenters. The Morgan fingerprint density at radius 1 is 1.04 bits per heavy atom. The van der Waals surface area contributed by atoms with E-state index in [2.05, 4.69) is 23.8 Å². The summed E-state index contributed by atoms with van der Waals surface area (Å²) in [5.41, 5.74) is 1.87. The average molecular weight is 376 g/mol. The summed E-state index contributed by atoms with van der Waals surface area (Å²) >= 11 is 11.9. The van der Waals surface area contributed by atoms with Gasteiger partial charge in [-0.2, -0.15) is 5.10 Å². The van der Waals surface area contributed by atoms with Crippen molar-refractivity contribution in [1.82, 2.24) is 9.91 Å². The monoisotopic (exact) mass is 375 g/mol. The molecule has 0 bridgehead atoms. The molecule has 0 aromatic heterocycles. The number of rotatable bonds is 4. The molecule has 1 heterocycles. The lowest BCUT2D eigenvalue weighted by atomic mass is 10.1. The molecule has 1 amide bonds. The first-order chi connectivity index (χ1) is 12.0. The van der Waals surface area contributed by atoms with E-state index in [-0.39, 0.29) is 18.1 Å². The molecule has 2 aromatic rings. The summed E-state index contributed by atoms with van der Waals surface area (Å²) in [6.07, 6.45) is 1.44. The van der Waals surface area contributed by atoms with Gasteiger partial charge < -0.3 is 0 Å². The van der Waals surface area contributed by atoms with Gasteiger partial charge in [-0.1, -0.05) is 47.5 Å². The number of nitrogens with zero attached hydrogens (tertiary/aromatic N) is 3. The van der Waals surface area contributed by atoms with Crippen LogP contribution in [0.3, 0.4) is 0 Å². The van der Waals surface area contributed by atoms with Crippen LogP contribution in [-0.2, 0) is 4.79 Å². The molecule has 1 fully saturated rings. The molecule has 3 rings (SSSR count). The highest BCUT2D eigenvalue weighted by Crippen LogP contribution is 2.33. The third kappa shape index (κ3) is 4.03. The maximum Gasteiger partial charge on any atom is 0.258 e. The summed E-state index contributed by atoms with van der Waals surface area (Å²) in [7, 11) is 0. The minimum atomic E-state index is -0.242. The third-order valence-electron chi connectivity index (χ3n) is 4.15. The molecule has 0 saturated carbocycles. The van der Waals surface area contributed by atoms with Crippen LogP contribution >= 0.6 is 23.2 Å². The Balaban J connectivity index is 1.92. The normalized spacial score (nSPS) is 18.7. The zero-order valence-electron chi connectivity index (χ0n) is 14.1. The molecule has 25 heavy (non-hydrogen) atoms. The smallest absolute Gasteiger partial charge is 0.258 e. The topological polar surface area (TPSA) is 35.9 Å². The van der Waals surface area contributed by atoms with Crippen LogP contribution in [0.25, 0.3) is 0 Å². The molecule has 0 N–H and O–H groups in total. The summed E-state index contributed by atoms with van der Waals surface area (Å²) in [5, 5.41) is 7.33. The van der Waals surface area contributed by atoms with Crippen LogP contribution < -0.4 is 0 Å². The Morgan fingerprint density at radius 3 is 2.16 bits per heavy atom. The Kier molecular flexibility index (Phi) is 5.42. The molecule has 1 saturated heterocycles. The van der Waals surface area contributed by atoms with Crippen molar-refractivity contribution in [2.24, 2.45) is 5.10 Å². The molecule has 4 nitrogen and oxygen atoms in total. The van der Waals surface area contributed by atoms with Gasteiger partial charge in [0.2, 0.25) is 0 Å². The highest BCUT2D eigenvalue weighted by atomic mass is 35.5. The Hall–Kier alpha value is -1.88. The second-order valence-corrected chi connectivity index (χ2v) is 7.10. The van der Waals surface area contributed by atoms with Gasteiger partial charge in [0.15, 0.2) is 0 Å². The summed E-state index contributed by atoms with van der Waals surface area (Å²) in [6, 6.07) is 15.1. The van der Waals surface area contributed by atoms with E-state index in [4.69, 9.17) is 23.2 Å². The van der Waals surface area contributed by atoms with Crippen molar-refractivity contribution >= 4 is 35.3 Å². The van der Waals surface area contributed by atoms with Gasteiger partial charge in [0.05, 0.1) is 12.8 Å². The maximum atomic E-state index is 12.5. The molecular formula is C19H19Cl2N3O. The van der Waals surface area contributed by atoms with Crippen molar-refractivity contribution in [1.29, 1.82) is 0 Å². The minimum Gasteiger partial charge on any atom is -0.271 e. The third-order valence-corrected chi connectivity index (χ3v) is 4.66. The zero-order chi connectivity index (χ0) is 18.0. The first-order valence-corrected chi connectivity index (χ1v) is 8.84. The van der Waals surface area contributed by atoms with Gasteiger partial charge in [-0.05, 0) is 49.2 Å². The molecule has 6 heteroatoms. The molecular weight excluding hydrogens is 357 g/mol. The summed E-state index contributed by atoms with van der Waals surface area (Å²) in [6.45, 7) is 4.48. The molecule has 1 aliphatic rings. The Morgan fingerprint density at radius 2 is 1.60 bits per heavy atom. The number of halogens is 2. The second-order valence-electron chi connectivity index (χ2n) is 6.23. The van der Waals surface area contributed by atoms with Crippen LogP contribution in [0.2, 0.25) is 10.0 Å². The number of hydrogen-bond acceptors (Lipinski definition) is 3. The summed E-state index contributed by atoms with van der Waals surface area (Å²) in [5.74, 6) is -0.0288. The quantitative estimate of drug-likeness (QED) is 0.733. The number of carbonyl (C=O) groups excluding carboxylic acids is 1. The molecule has 0 aliphatic carbocycles. The zero-order valence-corrected chi connectivity index (χ0v) is 15.6. The van der Waals surface area contributed by atoms with E-state index >= 15 is 0 Å². The molecule has 1 unspecified atom stereocenters. The van der Waals surface area contributed by atoms with Gasteiger partial charge in [-0.3, -0.25) is 9.69 Å². The highest BCUT2D eigenvalue weighted by Gasteiger charge is 2.40. The largest absolute Gasteiger partial charge is 0.271 e. The number of carbonyl (C=O) groups is 1. The number of hydrogen-bond donors (Lipinski definition) is 0. The van der Waals surface area contributed by atoms with Crippen molar-refractivity contribution in [3.05, 3.63) is 69.7 Å². The van der Waals surface area contributed by atoms with E-state index in [1.54, 1.807) is 18.3 Å². The van der Waals surface area contributed by atoms with Gasteiger partial charge in [-0.15, -0.1) is 0 Å². The molecule has 0 spiro atoms. The van der Waals surface area contributed by atoms with Crippen LogP contribution in [0.4, 0.5) is 0 Å². The lowest BCUT2D eigenvalue weighted by molar-refractivity contribution is -0.128. The average Bonchev–Trinajstić information content (AvgIpc) is 2.92. The standard InChI is InChI=1S/C19H19Cl2N3O/c1-13(2)23-12-18(25)24(19(23)15-5-9-17(21)10-6-15)22-11-14-3-7-16(20)8-4-14/h3-11,13,19H,12H2,1-2H3/b22-11+. The molecule has 130 valence electrons. The van der Waals surface area contributed by atoms with E-state index in [9.17, 15) is 4.79 Å². The van der Waals surface area contributed by atoms with Gasteiger partial charge in [-0.25, -0.2) is 5.01 Å². The number of amides is 1. The lowest BCUT2D eigenvalue weighted by Gasteiger charge is -2.30. The van der Waals surface area contributed by atoms with Crippen LogP contribution in [0.5, 0.6) is 0 Å². The van der Waals surface area contributed by atoms with Crippen molar-refractivity contribution in [2.45, 2.75) is 26.1 Å². The predicted molar refractivity (Wildman–Crippen MR) is 102 cm³/mol. The minimum absolute atomic E-state index is 0.0288. The van der Waals surface area contributed by atoms with Crippen molar-refractivity contribution in [2.75, 3.05) is 6.54 Å². The van der Waals surface area contributed by atoms with Gasteiger partial charge in [0.1, 0.15) is 6.17 Å². The van der Waals surface area contributed by atoms with Crippen LogP contribution in [0, 0.1) is 0 Å². The highest BCUT2D eigenvalue weighted by molar-refractivity contribution is 6.30. The van der Waals surface area contributed by atoms with Crippen LogP contribution in [0.15, 0.2) is 53.6 Å². The summed E-state index contributed by atoms with van der Waals surface area (Å²) < 4.78 is 0. The van der Waals surface area contributed by atoms with E-state index in [1.807, 2.05) is 36.4 Å². The molecule has 2 aromatic carbocycles. The summed E-state index contributed by atoms with van der Waals surface area (Å²) in [4.78, 5) is 14.7. The predicted octanol–water partition coefficient (Wildman–Crippen LogP) is 4.58. The fourth-order valence-electron chi connectivity index (χ4n) is 2.83. The first kappa shape index (κ1) is 17.9. The van der Waals surface area contributed by atoms with Crippen molar-refractivity contribution < 1.29 is 4.79 Å². The first-order valence-electron chi connectivity index (χ1n) is 8.08. The molecule has 0 radical (unpaired) electrons. The SMILES string of the molecule is CC(C)N1CC(=O)N(/N=C/c2ccc(Cl)cc2)C1c1ccc(Cl)cc1. The van der Waals surface area contributed by atoms with Gasteiger partial charge >= 0.3 is 0 Å². The maximum absolute atomic E-state index is 12.5. The number of benzene rings is 2. The van der Waals surface area contributed by atoms with E-state index in [0.29, 0.717) is 16.6 Å². The lowest BCUT2D eigenvalue weighted by Crippen LogP contribution is -2.33. The number of hydrazone groups is 1. The fraction of sp³-hybridized carbons (Fsp3) is 0.263. The van der Waals surface area contributed by atoms with E-state index in [1.165, 1.54) is 5.01 Å². The Labute approximate surface area is 157 Å². The van der Waals surface area contributed by atoms with Crippen molar-refractivity contribution in [3.8, 4) is 0 Å². The van der Waals surface area contributed by atoms with Gasteiger partial charge in [0.25, 0.3) is 5.91 Å². The fourth-order valence-corrected chi connectivity index (χ4v) is 3.08. The van der Waals surface area contributed by atoms with E-state index < -0.39 is 0 Å².